The molecule has 2 atom stereocenters. The molecule has 20 heavy (non-hydrogen) atoms. The van der Waals surface area contributed by atoms with Gasteiger partial charge in [-0.1, -0.05) is 26.8 Å². The summed E-state index contributed by atoms with van der Waals surface area (Å²) in [5, 5.41) is 3.56. The average molecular weight is 279 g/mol. The van der Waals surface area contributed by atoms with E-state index in [1.54, 1.807) is 6.07 Å². The fourth-order valence-corrected chi connectivity index (χ4v) is 3.20. The van der Waals surface area contributed by atoms with E-state index in [0.717, 1.165) is 24.9 Å². The molecule has 1 aliphatic rings. The van der Waals surface area contributed by atoms with Crippen LogP contribution in [0, 0.1) is 18.2 Å². The molecule has 0 spiro atoms. The molecule has 1 saturated carbocycles. The zero-order valence-corrected chi connectivity index (χ0v) is 13.0. The van der Waals surface area contributed by atoms with Crippen LogP contribution in [0.4, 0.5) is 4.39 Å². The van der Waals surface area contributed by atoms with E-state index in [9.17, 15) is 4.39 Å². The molecule has 2 unspecified atom stereocenters. The first kappa shape index (κ1) is 15.3. The van der Waals surface area contributed by atoms with Crippen LogP contribution in [0.2, 0.25) is 0 Å². The van der Waals surface area contributed by atoms with Crippen molar-refractivity contribution >= 4 is 0 Å². The second-order valence-corrected chi connectivity index (χ2v) is 6.48. The Hall–Kier alpha value is -1.09. The molecule has 0 bridgehead atoms. The molecule has 3 heteroatoms. The third kappa shape index (κ3) is 3.32. The van der Waals surface area contributed by atoms with E-state index in [4.69, 9.17) is 4.74 Å². The second-order valence-electron chi connectivity index (χ2n) is 6.48. The van der Waals surface area contributed by atoms with Crippen molar-refractivity contribution in [2.45, 2.75) is 59.1 Å². The maximum Gasteiger partial charge on any atom is 0.126 e. The Morgan fingerprint density at radius 3 is 2.85 bits per heavy atom. The Balaban J connectivity index is 2.19. The normalized spacial score (nSPS) is 25.4. The Bertz CT molecular complexity index is 458. The number of benzene rings is 1. The summed E-state index contributed by atoms with van der Waals surface area (Å²) in [5.41, 5.74) is 1.20. The molecule has 1 N–H and O–H groups in total. The van der Waals surface area contributed by atoms with Crippen LogP contribution in [0.25, 0.3) is 0 Å². The summed E-state index contributed by atoms with van der Waals surface area (Å²) in [6.07, 6.45) is 3.50. The number of halogens is 1. The largest absolute Gasteiger partial charge is 0.488 e. The number of ether oxygens (including phenoxy) is 1. The van der Waals surface area contributed by atoms with E-state index in [1.165, 1.54) is 18.6 Å². The molecular formula is C17H26FNO. The molecule has 0 radical (unpaired) electrons. The van der Waals surface area contributed by atoms with Gasteiger partial charge in [0.15, 0.2) is 0 Å². The SMILES string of the molecule is CCNC1C(Oc2cc(F)ccc2C)CCCC1(C)C. The summed E-state index contributed by atoms with van der Waals surface area (Å²) in [4.78, 5) is 0. The van der Waals surface area contributed by atoms with E-state index in [1.807, 2.05) is 6.92 Å². The first-order valence-electron chi connectivity index (χ1n) is 7.60. The summed E-state index contributed by atoms with van der Waals surface area (Å²) in [6, 6.07) is 5.07. The van der Waals surface area contributed by atoms with E-state index < -0.39 is 0 Å². The lowest BCUT2D eigenvalue weighted by Gasteiger charge is -2.44. The van der Waals surface area contributed by atoms with Gasteiger partial charge in [-0.2, -0.15) is 0 Å². The smallest absolute Gasteiger partial charge is 0.126 e. The van der Waals surface area contributed by atoms with Crippen LogP contribution in [0.1, 0.15) is 45.6 Å². The fraction of sp³-hybridized carbons (Fsp3) is 0.647. The number of nitrogens with one attached hydrogen (secondary N) is 1. The van der Waals surface area contributed by atoms with Crippen LogP contribution in [0.3, 0.4) is 0 Å². The molecule has 112 valence electrons. The topological polar surface area (TPSA) is 21.3 Å². The average Bonchev–Trinajstić information content (AvgIpc) is 2.38. The summed E-state index contributed by atoms with van der Waals surface area (Å²) in [6.45, 7) is 9.58. The van der Waals surface area contributed by atoms with E-state index in [2.05, 4.69) is 26.1 Å². The van der Waals surface area contributed by atoms with Crippen molar-refractivity contribution in [1.82, 2.24) is 5.32 Å². The van der Waals surface area contributed by atoms with Crippen molar-refractivity contribution in [3.63, 3.8) is 0 Å². The number of hydrogen-bond acceptors (Lipinski definition) is 2. The Morgan fingerprint density at radius 1 is 1.40 bits per heavy atom. The van der Waals surface area contributed by atoms with Gasteiger partial charge in [-0.25, -0.2) is 4.39 Å². The highest BCUT2D eigenvalue weighted by Gasteiger charge is 2.39. The Morgan fingerprint density at radius 2 is 2.15 bits per heavy atom. The Labute approximate surface area is 121 Å². The molecule has 0 saturated heterocycles. The molecule has 1 aromatic rings. The van der Waals surface area contributed by atoms with Crippen LogP contribution >= 0.6 is 0 Å². The first-order chi connectivity index (χ1) is 9.44. The van der Waals surface area contributed by atoms with Gasteiger partial charge in [0.1, 0.15) is 17.7 Å². The third-order valence-electron chi connectivity index (χ3n) is 4.38. The van der Waals surface area contributed by atoms with Gasteiger partial charge in [-0.3, -0.25) is 0 Å². The molecule has 0 amide bonds. The van der Waals surface area contributed by atoms with Crippen LogP contribution in [0.5, 0.6) is 5.75 Å². The molecule has 1 aliphatic carbocycles. The quantitative estimate of drug-likeness (QED) is 0.897. The van der Waals surface area contributed by atoms with Crippen LogP contribution < -0.4 is 10.1 Å². The first-order valence-corrected chi connectivity index (χ1v) is 7.60. The van der Waals surface area contributed by atoms with Crippen LogP contribution in [-0.2, 0) is 0 Å². The van der Waals surface area contributed by atoms with Gasteiger partial charge in [0, 0.05) is 12.1 Å². The van der Waals surface area contributed by atoms with Crippen molar-refractivity contribution in [2.75, 3.05) is 6.54 Å². The zero-order valence-electron chi connectivity index (χ0n) is 13.0. The van der Waals surface area contributed by atoms with Crippen LogP contribution in [0.15, 0.2) is 18.2 Å². The molecule has 1 fully saturated rings. The molecule has 2 nitrogen and oxygen atoms in total. The predicted octanol–water partition coefficient (Wildman–Crippen LogP) is 4.07. The fourth-order valence-electron chi connectivity index (χ4n) is 3.20. The van der Waals surface area contributed by atoms with Gasteiger partial charge in [-0.05, 0) is 49.8 Å². The summed E-state index contributed by atoms with van der Waals surface area (Å²) >= 11 is 0. The second kappa shape index (κ2) is 6.13. The highest BCUT2D eigenvalue weighted by atomic mass is 19.1. The minimum absolute atomic E-state index is 0.110. The Kier molecular flexibility index (Phi) is 4.69. The summed E-state index contributed by atoms with van der Waals surface area (Å²) in [5.74, 6) is 0.441. The predicted molar refractivity (Wildman–Crippen MR) is 80.6 cm³/mol. The lowest BCUT2D eigenvalue weighted by molar-refractivity contribution is 0.0366. The van der Waals surface area contributed by atoms with Gasteiger partial charge in [0.25, 0.3) is 0 Å². The highest BCUT2D eigenvalue weighted by molar-refractivity contribution is 5.33. The lowest BCUT2D eigenvalue weighted by atomic mass is 9.71. The number of aryl methyl sites for hydroxylation is 1. The number of hydrogen-bond donors (Lipinski definition) is 1. The molecule has 1 aromatic carbocycles. The summed E-state index contributed by atoms with van der Waals surface area (Å²) in [7, 11) is 0. The monoisotopic (exact) mass is 279 g/mol. The van der Waals surface area contributed by atoms with E-state index >= 15 is 0 Å². The number of likely N-dealkylation sites (N-methyl/N-ethyl adjacent to an activating group) is 1. The van der Waals surface area contributed by atoms with Crippen molar-refractivity contribution in [3.8, 4) is 5.75 Å². The van der Waals surface area contributed by atoms with Crippen molar-refractivity contribution in [2.24, 2.45) is 5.41 Å². The highest BCUT2D eigenvalue weighted by Crippen LogP contribution is 2.38. The van der Waals surface area contributed by atoms with Gasteiger partial charge < -0.3 is 10.1 Å². The minimum Gasteiger partial charge on any atom is -0.488 e. The van der Waals surface area contributed by atoms with E-state index in [0.29, 0.717) is 11.8 Å². The zero-order chi connectivity index (χ0) is 14.8. The number of rotatable bonds is 4. The van der Waals surface area contributed by atoms with Gasteiger partial charge in [0.05, 0.1) is 0 Å². The van der Waals surface area contributed by atoms with Gasteiger partial charge >= 0.3 is 0 Å². The molecule has 2 rings (SSSR count). The maximum atomic E-state index is 13.4. The minimum atomic E-state index is -0.235. The standard InChI is InChI=1S/C17H26FNO/c1-5-19-16-14(7-6-10-17(16,3)4)20-15-11-13(18)9-8-12(15)2/h8-9,11,14,16,19H,5-7,10H2,1-4H3. The van der Waals surface area contributed by atoms with Gasteiger partial charge in [0.2, 0.25) is 0 Å². The van der Waals surface area contributed by atoms with E-state index in [-0.39, 0.29) is 17.3 Å². The van der Waals surface area contributed by atoms with Crippen molar-refractivity contribution < 1.29 is 9.13 Å². The van der Waals surface area contributed by atoms with Crippen molar-refractivity contribution in [1.29, 1.82) is 0 Å². The third-order valence-corrected chi connectivity index (χ3v) is 4.38. The molecule has 0 aromatic heterocycles. The van der Waals surface area contributed by atoms with Gasteiger partial charge in [-0.15, -0.1) is 0 Å². The van der Waals surface area contributed by atoms with Crippen molar-refractivity contribution in [3.05, 3.63) is 29.6 Å². The summed E-state index contributed by atoms with van der Waals surface area (Å²) < 4.78 is 19.6. The molecular weight excluding hydrogens is 253 g/mol. The molecule has 0 heterocycles. The molecule has 0 aliphatic heterocycles. The lowest BCUT2D eigenvalue weighted by Crippen LogP contribution is -2.54. The van der Waals surface area contributed by atoms with Crippen LogP contribution in [-0.4, -0.2) is 18.7 Å². The maximum absolute atomic E-state index is 13.4.